The number of carboxylic acid groups (broad SMARTS) is 1. The van der Waals surface area contributed by atoms with E-state index >= 15 is 0 Å². The second kappa shape index (κ2) is 9.54. The SMILES string of the molecule is COc1nc2c(cc1NCc1ccc(F)c(Cl)c1)c(=O)c(C(=O)O)cn2[C@H](CO)C(C)C. The first-order valence-electron chi connectivity index (χ1n) is 9.83. The van der Waals surface area contributed by atoms with Crippen LogP contribution in [0.15, 0.2) is 35.3 Å². The Hall–Kier alpha value is -3.17. The van der Waals surface area contributed by atoms with E-state index in [-0.39, 0.29) is 41.0 Å². The fourth-order valence-corrected chi connectivity index (χ4v) is 3.61. The highest BCUT2D eigenvalue weighted by molar-refractivity contribution is 6.30. The van der Waals surface area contributed by atoms with Gasteiger partial charge in [0.25, 0.3) is 0 Å². The van der Waals surface area contributed by atoms with Crippen LogP contribution in [0, 0.1) is 11.7 Å². The van der Waals surface area contributed by atoms with Crippen molar-refractivity contribution < 1.29 is 24.1 Å². The monoisotopic (exact) mass is 463 g/mol. The van der Waals surface area contributed by atoms with Crippen molar-refractivity contribution in [3.05, 3.63) is 62.7 Å². The van der Waals surface area contributed by atoms with E-state index in [0.29, 0.717) is 11.3 Å². The number of hydrogen-bond donors (Lipinski definition) is 3. The van der Waals surface area contributed by atoms with Gasteiger partial charge >= 0.3 is 5.97 Å². The Kier molecular flexibility index (Phi) is 7.00. The summed E-state index contributed by atoms with van der Waals surface area (Å²) in [4.78, 5) is 29.0. The molecule has 3 N–H and O–H groups in total. The molecule has 3 aromatic rings. The first kappa shape index (κ1) is 23.5. The van der Waals surface area contributed by atoms with Crippen molar-refractivity contribution in [1.29, 1.82) is 0 Å². The van der Waals surface area contributed by atoms with E-state index in [1.807, 2.05) is 13.8 Å². The van der Waals surface area contributed by atoms with Gasteiger partial charge in [0.1, 0.15) is 17.0 Å². The van der Waals surface area contributed by atoms with Crippen molar-refractivity contribution in [2.45, 2.75) is 26.4 Å². The van der Waals surface area contributed by atoms with Gasteiger partial charge in [-0.2, -0.15) is 4.98 Å². The van der Waals surface area contributed by atoms with E-state index in [4.69, 9.17) is 16.3 Å². The minimum Gasteiger partial charge on any atom is -0.479 e. The molecule has 2 heterocycles. The van der Waals surface area contributed by atoms with E-state index < -0.39 is 28.8 Å². The molecule has 0 saturated carbocycles. The molecule has 0 fully saturated rings. The van der Waals surface area contributed by atoms with Crippen molar-refractivity contribution in [3.8, 4) is 5.88 Å². The molecule has 10 heteroatoms. The molecule has 2 aromatic heterocycles. The maximum absolute atomic E-state index is 13.4. The molecule has 3 rings (SSSR count). The average Bonchev–Trinajstić information content (AvgIpc) is 2.75. The summed E-state index contributed by atoms with van der Waals surface area (Å²) in [5, 5.41) is 22.5. The number of fused-ring (bicyclic) bond motifs is 1. The summed E-state index contributed by atoms with van der Waals surface area (Å²) in [6.45, 7) is 3.68. The third kappa shape index (κ3) is 4.53. The van der Waals surface area contributed by atoms with Gasteiger partial charge < -0.3 is 24.8 Å². The zero-order valence-corrected chi connectivity index (χ0v) is 18.5. The Morgan fingerprint density at radius 3 is 2.62 bits per heavy atom. The first-order chi connectivity index (χ1) is 15.2. The highest BCUT2D eigenvalue weighted by atomic mass is 35.5. The fourth-order valence-electron chi connectivity index (χ4n) is 3.41. The summed E-state index contributed by atoms with van der Waals surface area (Å²) in [6.07, 6.45) is 1.20. The molecule has 0 aliphatic heterocycles. The number of anilines is 1. The number of nitrogens with zero attached hydrogens (tertiary/aromatic N) is 2. The van der Waals surface area contributed by atoms with Crippen molar-refractivity contribution in [2.24, 2.45) is 5.92 Å². The van der Waals surface area contributed by atoms with E-state index in [1.165, 1.54) is 36.1 Å². The fraction of sp³-hybridized carbons (Fsp3) is 0.318. The van der Waals surface area contributed by atoms with E-state index in [1.54, 1.807) is 6.07 Å². The molecule has 0 saturated heterocycles. The molecule has 0 amide bonds. The van der Waals surface area contributed by atoms with Crippen molar-refractivity contribution >= 4 is 34.3 Å². The summed E-state index contributed by atoms with van der Waals surface area (Å²) >= 11 is 5.83. The lowest BCUT2D eigenvalue weighted by molar-refractivity contribution is 0.0694. The van der Waals surface area contributed by atoms with E-state index in [9.17, 15) is 24.2 Å². The Balaban J connectivity index is 2.16. The van der Waals surface area contributed by atoms with Crippen LogP contribution in [-0.4, -0.2) is 39.5 Å². The zero-order chi connectivity index (χ0) is 23.6. The Labute approximate surface area is 188 Å². The first-order valence-corrected chi connectivity index (χ1v) is 10.2. The number of hydrogen-bond acceptors (Lipinski definition) is 6. The van der Waals surface area contributed by atoms with Crippen LogP contribution < -0.4 is 15.5 Å². The van der Waals surface area contributed by atoms with Gasteiger partial charge in [-0.3, -0.25) is 4.79 Å². The number of nitrogens with one attached hydrogen (secondary N) is 1. The molecule has 0 radical (unpaired) electrons. The van der Waals surface area contributed by atoms with Crippen LogP contribution in [0.1, 0.15) is 35.8 Å². The maximum Gasteiger partial charge on any atom is 0.341 e. The van der Waals surface area contributed by atoms with Crippen molar-refractivity contribution in [2.75, 3.05) is 19.0 Å². The molecule has 0 aliphatic rings. The van der Waals surface area contributed by atoms with Crippen LogP contribution in [0.2, 0.25) is 5.02 Å². The van der Waals surface area contributed by atoms with Gasteiger partial charge in [0.15, 0.2) is 0 Å². The van der Waals surface area contributed by atoms with Crippen molar-refractivity contribution in [3.63, 3.8) is 0 Å². The minimum atomic E-state index is -1.38. The van der Waals surface area contributed by atoms with Gasteiger partial charge in [-0.05, 0) is 29.7 Å². The number of aromatic carboxylic acids is 1. The molecule has 0 aliphatic carbocycles. The van der Waals surface area contributed by atoms with Gasteiger partial charge in [0.2, 0.25) is 11.3 Å². The van der Waals surface area contributed by atoms with Crippen LogP contribution in [0.3, 0.4) is 0 Å². The lowest BCUT2D eigenvalue weighted by atomic mass is 10.0. The molecule has 8 nitrogen and oxygen atoms in total. The van der Waals surface area contributed by atoms with Gasteiger partial charge in [-0.1, -0.05) is 31.5 Å². The minimum absolute atomic E-state index is 0.0226. The smallest absolute Gasteiger partial charge is 0.341 e. The summed E-state index contributed by atoms with van der Waals surface area (Å²) in [5.74, 6) is -1.81. The average molecular weight is 464 g/mol. The second-order valence-corrected chi connectivity index (χ2v) is 8.00. The normalized spacial score (nSPS) is 12.2. The molecule has 0 spiro atoms. The lowest BCUT2D eigenvalue weighted by Crippen LogP contribution is -2.26. The number of methoxy groups -OCH3 is 1. The number of aromatic nitrogens is 2. The molecule has 1 aromatic carbocycles. The van der Waals surface area contributed by atoms with Crippen LogP contribution >= 0.6 is 11.6 Å². The Morgan fingerprint density at radius 2 is 2.06 bits per heavy atom. The van der Waals surface area contributed by atoms with Gasteiger partial charge in [-0.25, -0.2) is 9.18 Å². The number of benzene rings is 1. The topological polar surface area (TPSA) is 114 Å². The van der Waals surface area contributed by atoms with Crippen molar-refractivity contribution in [1.82, 2.24) is 9.55 Å². The third-order valence-electron chi connectivity index (χ3n) is 5.17. The highest BCUT2D eigenvalue weighted by Gasteiger charge is 2.23. The maximum atomic E-state index is 13.4. The van der Waals surface area contributed by atoms with E-state index in [2.05, 4.69) is 10.3 Å². The number of pyridine rings is 2. The molecule has 1 atom stereocenters. The number of ether oxygens (including phenoxy) is 1. The number of halogens is 2. The van der Waals surface area contributed by atoms with E-state index in [0.717, 1.165) is 0 Å². The molecular weight excluding hydrogens is 441 g/mol. The highest BCUT2D eigenvalue weighted by Crippen LogP contribution is 2.29. The number of aliphatic hydroxyl groups excluding tert-OH is 1. The number of carbonyl (C=O) groups is 1. The quantitative estimate of drug-likeness (QED) is 0.466. The predicted octanol–water partition coefficient (Wildman–Crippen LogP) is 3.70. The summed E-state index contributed by atoms with van der Waals surface area (Å²) in [5.41, 5.74) is 0.0826. The van der Waals surface area contributed by atoms with Crippen LogP contribution in [0.5, 0.6) is 5.88 Å². The third-order valence-corrected chi connectivity index (χ3v) is 5.46. The summed E-state index contributed by atoms with van der Waals surface area (Å²) in [7, 11) is 1.41. The summed E-state index contributed by atoms with van der Waals surface area (Å²) in [6, 6.07) is 5.22. The summed E-state index contributed by atoms with van der Waals surface area (Å²) < 4.78 is 20.3. The lowest BCUT2D eigenvalue weighted by Gasteiger charge is -2.24. The van der Waals surface area contributed by atoms with Gasteiger partial charge in [0, 0.05) is 12.7 Å². The Morgan fingerprint density at radius 1 is 1.34 bits per heavy atom. The molecule has 0 bridgehead atoms. The Bertz CT molecular complexity index is 1230. The number of aliphatic hydroxyl groups is 1. The molecule has 170 valence electrons. The number of carboxylic acids is 1. The molecular formula is C22H23ClFN3O5. The van der Waals surface area contributed by atoms with Crippen LogP contribution in [0.25, 0.3) is 11.0 Å². The van der Waals surface area contributed by atoms with Crippen LogP contribution in [-0.2, 0) is 6.54 Å². The largest absolute Gasteiger partial charge is 0.479 e. The van der Waals surface area contributed by atoms with Crippen LogP contribution in [0.4, 0.5) is 10.1 Å². The molecule has 32 heavy (non-hydrogen) atoms. The predicted molar refractivity (Wildman–Crippen MR) is 119 cm³/mol. The van der Waals surface area contributed by atoms with Gasteiger partial charge in [-0.15, -0.1) is 0 Å². The number of rotatable bonds is 8. The van der Waals surface area contributed by atoms with Gasteiger partial charge in [0.05, 0.1) is 35.9 Å². The standard InChI is InChI=1S/C22H23ClFN3O5/c1-11(2)18(10-28)27-9-14(22(30)31)19(29)13-7-17(21(32-3)26-20(13)27)25-8-12-4-5-16(24)15(23)6-12/h4-7,9,11,18,25,28H,8,10H2,1-3H3,(H,30,31)/t18-/m1/s1. The second-order valence-electron chi connectivity index (χ2n) is 7.60. The molecule has 0 unspecified atom stereocenters. The zero-order valence-electron chi connectivity index (χ0n) is 17.7.